The summed E-state index contributed by atoms with van der Waals surface area (Å²) in [5, 5.41) is 0. The quantitative estimate of drug-likeness (QED) is 0.0734. The Balaban J connectivity index is 3.14. The van der Waals surface area contributed by atoms with Crippen molar-refractivity contribution in [3.63, 3.8) is 0 Å². The maximum Gasteiger partial charge on any atom is -0.0443 e. The predicted molar refractivity (Wildman–Crippen MR) is 177 cm³/mol. The molecule has 0 nitrogen and oxygen atoms in total. The van der Waals surface area contributed by atoms with Crippen molar-refractivity contribution >= 4 is 0 Å². The van der Waals surface area contributed by atoms with Crippen LogP contribution in [0, 0.1) is 11.8 Å². The zero-order chi connectivity index (χ0) is 27.8. The van der Waals surface area contributed by atoms with Crippen molar-refractivity contribution in [2.45, 2.75) is 233 Å². The first-order chi connectivity index (χ1) is 18.7. The third-order valence-electron chi connectivity index (χ3n) is 9.03. The van der Waals surface area contributed by atoms with E-state index in [1.54, 1.807) is 0 Å². The fourth-order valence-corrected chi connectivity index (χ4v) is 6.18. The summed E-state index contributed by atoms with van der Waals surface area (Å²) in [5.41, 5.74) is 0. The van der Waals surface area contributed by atoms with Gasteiger partial charge in [0, 0.05) is 0 Å². The minimum Gasteiger partial charge on any atom is -0.0654 e. The van der Waals surface area contributed by atoms with Crippen LogP contribution in [0.5, 0.6) is 0 Å². The predicted octanol–water partition coefficient (Wildman–Crippen LogP) is 14.8. The second-order valence-electron chi connectivity index (χ2n) is 13.8. The highest BCUT2D eigenvalue weighted by Crippen LogP contribution is 2.20. The second-order valence-corrected chi connectivity index (χ2v) is 13.8. The molecule has 0 saturated heterocycles. The molecule has 0 amide bonds. The van der Waals surface area contributed by atoms with E-state index in [0.717, 1.165) is 11.8 Å². The van der Waals surface area contributed by atoms with Gasteiger partial charge in [-0.2, -0.15) is 0 Å². The van der Waals surface area contributed by atoms with Gasteiger partial charge in [-0.15, -0.1) is 0 Å². The van der Waals surface area contributed by atoms with Crippen LogP contribution in [0.25, 0.3) is 0 Å². The summed E-state index contributed by atoms with van der Waals surface area (Å²) in [6.07, 6.45) is 47.3. The van der Waals surface area contributed by atoms with Crippen LogP contribution < -0.4 is 0 Å². The van der Waals surface area contributed by atoms with Crippen LogP contribution in [0.15, 0.2) is 0 Å². The van der Waals surface area contributed by atoms with Gasteiger partial charge >= 0.3 is 0 Å². The van der Waals surface area contributed by atoms with E-state index in [1.165, 1.54) is 205 Å². The standard InChI is InChI=1S/C38H78/c1-5-6-7-8-9-10-11-12-17-20-23-26-29-32-35-38(4)36-33-30-27-24-21-18-15-13-14-16-19-22-25-28-31-34-37(2)3/h37-38H,5-36H2,1-4H3. The molecule has 0 N–H and O–H groups in total. The van der Waals surface area contributed by atoms with Crippen LogP contribution in [0.4, 0.5) is 0 Å². The van der Waals surface area contributed by atoms with Gasteiger partial charge in [0.15, 0.2) is 0 Å². The van der Waals surface area contributed by atoms with Crippen molar-refractivity contribution in [1.82, 2.24) is 0 Å². The fourth-order valence-electron chi connectivity index (χ4n) is 6.18. The zero-order valence-corrected chi connectivity index (χ0v) is 27.8. The number of unbranched alkanes of at least 4 members (excludes halogenated alkanes) is 27. The number of hydrogen-bond donors (Lipinski definition) is 0. The summed E-state index contributed by atoms with van der Waals surface area (Å²) in [5.74, 6) is 1.86. The van der Waals surface area contributed by atoms with E-state index in [1.807, 2.05) is 0 Å². The molecule has 0 spiro atoms. The van der Waals surface area contributed by atoms with Crippen molar-refractivity contribution in [2.24, 2.45) is 11.8 Å². The first-order valence-electron chi connectivity index (χ1n) is 18.7. The fraction of sp³-hybridized carbons (Fsp3) is 1.00. The SMILES string of the molecule is CCCCCCCCCCCCCCCCC(C)CCCCCCCCCCCCCCCCCC(C)C. The molecular formula is C38H78. The van der Waals surface area contributed by atoms with Crippen LogP contribution >= 0.6 is 0 Å². The molecule has 0 aromatic carbocycles. The first kappa shape index (κ1) is 38.0. The molecule has 0 fully saturated rings. The highest BCUT2D eigenvalue weighted by atomic mass is 14.1. The van der Waals surface area contributed by atoms with E-state index >= 15 is 0 Å². The van der Waals surface area contributed by atoms with Gasteiger partial charge in [-0.25, -0.2) is 0 Å². The molecule has 0 aliphatic heterocycles. The lowest BCUT2D eigenvalue weighted by atomic mass is 9.95. The van der Waals surface area contributed by atoms with Gasteiger partial charge < -0.3 is 0 Å². The number of rotatable bonds is 33. The van der Waals surface area contributed by atoms with Crippen molar-refractivity contribution in [3.05, 3.63) is 0 Å². The lowest BCUT2D eigenvalue weighted by molar-refractivity contribution is 0.429. The molecule has 0 heterocycles. The van der Waals surface area contributed by atoms with Crippen LogP contribution in [-0.4, -0.2) is 0 Å². The maximum absolute atomic E-state index is 2.51. The highest BCUT2D eigenvalue weighted by molar-refractivity contribution is 4.57. The Hall–Kier alpha value is 0. The summed E-state index contributed by atoms with van der Waals surface area (Å²) in [4.78, 5) is 0. The summed E-state index contributed by atoms with van der Waals surface area (Å²) in [6, 6.07) is 0. The molecule has 0 saturated carbocycles. The molecule has 0 aromatic rings. The largest absolute Gasteiger partial charge is 0.0654 e. The molecular weight excluding hydrogens is 456 g/mol. The van der Waals surface area contributed by atoms with E-state index in [-0.39, 0.29) is 0 Å². The molecule has 0 aliphatic rings. The van der Waals surface area contributed by atoms with E-state index < -0.39 is 0 Å². The molecule has 0 heteroatoms. The second kappa shape index (κ2) is 33.2. The Morgan fingerprint density at radius 2 is 0.474 bits per heavy atom. The van der Waals surface area contributed by atoms with Gasteiger partial charge in [-0.05, 0) is 11.8 Å². The van der Waals surface area contributed by atoms with Crippen molar-refractivity contribution < 1.29 is 0 Å². The van der Waals surface area contributed by atoms with Gasteiger partial charge in [0.05, 0.1) is 0 Å². The smallest absolute Gasteiger partial charge is 0.0443 e. The molecule has 0 radical (unpaired) electrons. The van der Waals surface area contributed by atoms with Crippen LogP contribution in [0.2, 0.25) is 0 Å². The van der Waals surface area contributed by atoms with E-state index in [4.69, 9.17) is 0 Å². The average molecular weight is 535 g/mol. The Morgan fingerprint density at radius 1 is 0.263 bits per heavy atom. The summed E-state index contributed by atoms with van der Waals surface area (Å²) < 4.78 is 0. The van der Waals surface area contributed by atoms with Gasteiger partial charge in [0.25, 0.3) is 0 Å². The summed E-state index contributed by atoms with van der Waals surface area (Å²) in [6.45, 7) is 9.52. The normalized spacial score (nSPS) is 12.6. The van der Waals surface area contributed by atoms with E-state index in [9.17, 15) is 0 Å². The third kappa shape index (κ3) is 34.0. The van der Waals surface area contributed by atoms with Gasteiger partial charge in [0.2, 0.25) is 0 Å². The monoisotopic (exact) mass is 535 g/mol. The molecule has 0 aliphatic carbocycles. The Morgan fingerprint density at radius 3 is 0.711 bits per heavy atom. The third-order valence-corrected chi connectivity index (χ3v) is 9.03. The average Bonchev–Trinajstić information content (AvgIpc) is 2.90. The molecule has 38 heavy (non-hydrogen) atoms. The molecule has 230 valence electrons. The van der Waals surface area contributed by atoms with Crippen LogP contribution in [0.1, 0.15) is 233 Å². The van der Waals surface area contributed by atoms with Gasteiger partial charge in [-0.3, -0.25) is 0 Å². The van der Waals surface area contributed by atoms with Crippen molar-refractivity contribution in [1.29, 1.82) is 0 Å². The maximum atomic E-state index is 2.51. The zero-order valence-electron chi connectivity index (χ0n) is 27.8. The Kier molecular flexibility index (Phi) is 33.2. The highest BCUT2D eigenvalue weighted by Gasteiger charge is 2.02. The molecule has 1 unspecified atom stereocenters. The van der Waals surface area contributed by atoms with Crippen molar-refractivity contribution in [3.8, 4) is 0 Å². The minimum atomic E-state index is 0.896. The van der Waals surface area contributed by atoms with Gasteiger partial charge in [0.1, 0.15) is 0 Å². The lowest BCUT2D eigenvalue weighted by Gasteiger charge is -2.11. The number of hydrogen-bond acceptors (Lipinski definition) is 0. The van der Waals surface area contributed by atoms with Crippen LogP contribution in [-0.2, 0) is 0 Å². The molecule has 0 aromatic heterocycles. The lowest BCUT2D eigenvalue weighted by Crippen LogP contribution is -1.95. The van der Waals surface area contributed by atoms with Crippen LogP contribution in [0.3, 0.4) is 0 Å². The molecule has 1 atom stereocenters. The molecule has 0 rings (SSSR count). The van der Waals surface area contributed by atoms with E-state index in [2.05, 4.69) is 27.7 Å². The Bertz CT molecular complexity index is 397. The summed E-state index contributed by atoms with van der Waals surface area (Å²) >= 11 is 0. The topological polar surface area (TPSA) is 0 Å². The Labute approximate surface area is 244 Å². The van der Waals surface area contributed by atoms with E-state index in [0.29, 0.717) is 0 Å². The first-order valence-corrected chi connectivity index (χ1v) is 18.7. The van der Waals surface area contributed by atoms with Crippen molar-refractivity contribution in [2.75, 3.05) is 0 Å². The minimum absolute atomic E-state index is 0.896. The van der Waals surface area contributed by atoms with Gasteiger partial charge in [-0.1, -0.05) is 233 Å². The molecule has 0 bridgehead atoms. The summed E-state index contributed by atoms with van der Waals surface area (Å²) in [7, 11) is 0.